The lowest BCUT2D eigenvalue weighted by atomic mass is 9.33. The number of benzene rings is 12. The van der Waals surface area contributed by atoms with Gasteiger partial charge in [0.05, 0.1) is 26.9 Å². The van der Waals surface area contributed by atoms with Crippen LogP contribution >= 0.6 is 0 Å². The monoisotopic (exact) mass is 1260 g/mol. The van der Waals surface area contributed by atoms with Crippen molar-refractivity contribution in [1.29, 1.82) is 0 Å². The van der Waals surface area contributed by atoms with Crippen LogP contribution in [-0.4, -0.2) is 50.6 Å². The predicted octanol–water partition coefficient (Wildman–Crippen LogP) is 17.9. The molecule has 6 aliphatic heterocycles. The zero-order valence-corrected chi connectivity index (χ0v) is 54.7. The van der Waals surface area contributed by atoms with Gasteiger partial charge in [0.1, 0.15) is 11.5 Å². The Kier molecular flexibility index (Phi) is 11.8. The van der Waals surface area contributed by atoms with Gasteiger partial charge in [0, 0.05) is 88.6 Å². The smallest absolute Gasteiger partial charge is 0.302 e. The minimum Gasteiger partial charge on any atom is -0.457 e. The van der Waals surface area contributed by atoms with Gasteiger partial charge in [-0.1, -0.05) is 204 Å². The van der Waals surface area contributed by atoms with E-state index >= 15 is 0 Å². The summed E-state index contributed by atoms with van der Waals surface area (Å²) in [6, 6.07) is 94.4. The maximum atomic E-state index is 7.16. The van der Waals surface area contributed by atoms with Gasteiger partial charge in [0.2, 0.25) is 11.7 Å². The second kappa shape index (κ2) is 20.6. The van der Waals surface area contributed by atoms with Crippen LogP contribution in [0.4, 0.5) is 34.1 Å². The van der Waals surface area contributed by atoms with Crippen molar-refractivity contribution in [2.45, 2.75) is 52.4 Å². The maximum absolute atomic E-state index is 7.16. The number of aromatic nitrogens is 1. The van der Waals surface area contributed by atoms with Crippen molar-refractivity contribution in [2.75, 3.05) is 9.80 Å². The zero-order chi connectivity index (χ0) is 65.4. The van der Waals surface area contributed by atoms with E-state index in [0.29, 0.717) is 29.4 Å². The summed E-state index contributed by atoms with van der Waals surface area (Å²) in [7, 11) is 0. The lowest BCUT2D eigenvalue weighted by molar-refractivity contribution is -0.705. The number of hydrazone groups is 1. The molecule has 0 bridgehead atoms. The van der Waals surface area contributed by atoms with Crippen molar-refractivity contribution >= 4 is 108 Å². The highest BCUT2D eigenvalue weighted by atomic mass is 16.5. The molecule has 12 aromatic carbocycles. The Morgan fingerprint density at radius 1 is 0.388 bits per heavy atom. The molecule has 1 aromatic heterocycles. The number of aliphatic imine (C=N–C) groups is 4. The molecule has 464 valence electrons. The van der Waals surface area contributed by atoms with Crippen LogP contribution in [0.15, 0.2) is 291 Å². The highest BCUT2D eigenvalue weighted by Gasteiger charge is 2.48. The summed E-state index contributed by atoms with van der Waals surface area (Å²) in [5.74, 6) is 3.87. The largest absolute Gasteiger partial charge is 0.457 e. The lowest BCUT2D eigenvalue weighted by Crippen LogP contribution is -2.61. The molecule has 7 heterocycles. The Hall–Kier alpha value is -12.3. The van der Waals surface area contributed by atoms with Gasteiger partial charge < -0.3 is 19.1 Å². The average molecular weight is 1260 g/mol. The number of para-hydroxylation sites is 4. The van der Waals surface area contributed by atoms with Crippen molar-refractivity contribution in [3.05, 3.63) is 311 Å². The Morgan fingerprint density at radius 3 is 1.69 bits per heavy atom. The number of fused-ring (bicyclic) bond motifs is 12. The zero-order valence-electron chi connectivity index (χ0n) is 54.7. The predicted molar refractivity (Wildman–Crippen MR) is 398 cm³/mol. The Morgan fingerprint density at radius 2 is 0.959 bits per heavy atom. The van der Waals surface area contributed by atoms with E-state index in [1.54, 1.807) is 5.01 Å². The standard InChI is InChI=1S/C85H61BN11O/c1-50-22-21-23-51(2)78(50)95-72-48-66-76(98-75-35-20-17-32-64(75)85(66,5)6)49-68(72)86-67-43-41-58(94-69-33-18-14-29-61(69)62-30-15-19-34-70(62)94)47-71(67)93(73-45-56(46-74(95)77(73)86)55-38-42-60-59-28-13-16-31-63(59)84(3,4)65(60)44-55)57-39-36-54(37-40-57)81-90-83-88-79(52-24-9-7-10-25-52)87-82-89-80(53-26-11-8-12-27-53)91-97(92-81)96(82)83/h7-49H,1-6H3/q+1. The number of hydrogen-bond acceptors (Lipinski definition) is 10. The van der Waals surface area contributed by atoms with Gasteiger partial charge in [-0.25, -0.2) is 0 Å². The van der Waals surface area contributed by atoms with Crippen molar-refractivity contribution in [3.63, 3.8) is 0 Å². The molecule has 0 amide bonds. The van der Waals surface area contributed by atoms with Crippen molar-refractivity contribution in [2.24, 2.45) is 30.2 Å². The van der Waals surface area contributed by atoms with Crippen LogP contribution in [-0.2, 0) is 10.8 Å². The molecule has 0 radical (unpaired) electrons. The summed E-state index contributed by atoms with van der Waals surface area (Å²) in [5.41, 5.74) is 27.3. The first-order chi connectivity index (χ1) is 47.9. The van der Waals surface area contributed by atoms with Crippen LogP contribution in [0.2, 0.25) is 0 Å². The topological polar surface area (TPSA) is 101 Å². The van der Waals surface area contributed by atoms with Gasteiger partial charge in [0.25, 0.3) is 6.71 Å². The number of ether oxygens (including phenoxy) is 1. The lowest BCUT2D eigenvalue weighted by Gasteiger charge is -2.46. The number of anilines is 6. The third-order valence-corrected chi connectivity index (χ3v) is 21.2. The summed E-state index contributed by atoms with van der Waals surface area (Å²) in [4.78, 5) is 26.9. The van der Waals surface area contributed by atoms with Gasteiger partial charge in [-0.05, 0) is 160 Å². The minimum atomic E-state index is -0.388. The molecule has 0 unspecified atom stereocenters. The maximum Gasteiger partial charge on any atom is 0.302 e. The van der Waals surface area contributed by atoms with Gasteiger partial charge in [-0.15, -0.1) is 0 Å². The van der Waals surface area contributed by atoms with Crippen molar-refractivity contribution in [3.8, 4) is 39.4 Å². The molecule has 0 atom stereocenters. The van der Waals surface area contributed by atoms with E-state index < -0.39 is 0 Å². The Labute approximate surface area is 567 Å². The summed E-state index contributed by atoms with van der Waals surface area (Å²) in [5, 5.41) is 14.2. The molecule has 98 heavy (non-hydrogen) atoms. The third-order valence-electron chi connectivity index (χ3n) is 21.2. The highest BCUT2D eigenvalue weighted by Crippen LogP contribution is 2.55. The molecule has 13 aromatic rings. The minimum absolute atomic E-state index is 0.226. The summed E-state index contributed by atoms with van der Waals surface area (Å²) < 4.78 is 9.60. The molecule has 0 spiro atoms. The molecule has 0 fully saturated rings. The first-order valence-electron chi connectivity index (χ1n) is 33.6. The molecular weight excluding hydrogens is 1200 g/mol. The molecule has 0 N–H and O–H groups in total. The van der Waals surface area contributed by atoms with E-state index in [-0.39, 0.29) is 17.5 Å². The van der Waals surface area contributed by atoms with E-state index in [1.165, 1.54) is 65.5 Å². The number of hydrogen-bond donors (Lipinski definition) is 0. The van der Waals surface area contributed by atoms with Crippen molar-refractivity contribution in [1.82, 2.24) is 9.58 Å². The number of nitrogens with zero attached hydrogens (tertiary/aromatic N) is 11. The van der Waals surface area contributed by atoms with Gasteiger partial charge in [-0.2, -0.15) is 20.0 Å². The summed E-state index contributed by atoms with van der Waals surface area (Å²) in [6.45, 7) is 13.7. The van der Waals surface area contributed by atoms with Gasteiger partial charge >= 0.3 is 11.9 Å². The van der Waals surface area contributed by atoms with Crippen LogP contribution < -0.4 is 30.9 Å². The molecule has 1 aliphatic carbocycles. The third kappa shape index (κ3) is 8.10. The highest BCUT2D eigenvalue weighted by molar-refractivity contribution is 7.00. The van der Waals surface area contributed by atoms with E-state index in [2.05, 4.69) is 256 Å². The molecular formula is C85H61BN11O+. The molecule has 12 nitrogen and oxygen atoms in total. The number of rotatable bonds is 7. The van der Waals surface area contributed by atoms with Gasteiger partial charge in [0.15, 0.2) is 10.8 Å². The molecule has 7 aliphatic rings. The number of guanidine groups is 2. The summed E-state index contributed by atoms with van der Waals surface area (Å²) >= 11 is 0. The Balaban J connectivity index is 0.845. The molecule has 0 saturated heterocycles. The van der Waals surface area contributed by atoms with Crippen LogP contribution in [0.1, 0.15) is 77.8 Å². The average Bonchev–Trinajstić information content (AvgIpc) is 0.881. The quantitative estimate of drug-likeness (QED) is 0.117. The van der Waals surface area contributed by atoms with E-state index in [0.717, 1.165) is 101 Å². The second-order valence-corrected chi connectivity index (χ2v) is 27.5. The van der Waals surface area contributed by atoms with Crippen molar-refractivity contribution < 1.29 is 9.65 Å². The first kappa shape index (κ1) is 56.0. The SMILES string of the molecule is Cc1cccc(C)c1N1c2cc3c(cc2B2c4ccc(-n5c6ccccc6c6ccccc65)cc4N(c4ccc(C5=N[N+]6=NC(c7ccccc7)=NC7=NC(c8ccccc8)=NC(=N5)N76)cc4)c4cc(-c5ccc6c(c5)C(C)(C)c5ccccc5-6)cc1c42)Oc1ccccc1C3(C)C. The molecule has 0 saturated carbocycles. The van der Waals surface area contributed by atoms with E-state index in [9.17, 15) is 0 Å². The molecule has 13 heteroatoms. The van der Waals surface area contributed by atoms with Crippen LogP contribution in [0.3, 0.4) is 0 Å². The fourth-order valence-corrected chi connectivity index (χ4v) is 16.5. The van der Waals surface area contributed by atoms with E-state index in [4.69, 9.17) is 34.9 Å². The number of amidine groups is 3. The van der Waals surface area contributed by atoms with Gasteiger partial charge in [-0.3, -0.25) is 0 Å². The second-order valence-electron chi connectivity index (χ2n) is 27.5. The van der Waals surface area contributed by atoms with Crippen LogP contribution in [0.5, 0.6) is 11.5 Å². The molecule has 20 rings (SSSR count). The number of aryl methyl sites for hydroxylation is 2. The van der Waals surface area contributed by atoms with Crippen LogP contribution in [0, 0.1) is 13.8 Å². The van der Waals surface area contributed by atoms with Crippen LogP contribution in [0.25, 0.3) is 49.7 Å². The number of hydrazine groups is 1. The fourth-order valence-electron chi connectivity index (χ4n) is 16.5. The first-order valence-corrected chi connectivity index (χ1v) is 33.6. The summed E-state index contributed by atoms with van der Waals surface area (Å²) in [6.07, 6.45) is 0. The normalized spacial score (nSPS) is 16.0. The van der Waals surface area contributed by atoms with E-state index in [1.807, 2.05) is 60.7 Å². The fraction of sp³-hybridized carbons (Fsp3) is 0.0941. The Bertz CT molecular complexity index is 5790.